The van der Waals surface area contributed by atoms with Crippen LogP contribution in [0.3, 0.4) is 0 Å². The highest BCUT2D eigenvalue weighted by molar-refractivity contribution is 5.94. The summed E-state index contributed by atoms with van der Waals surface area (Å²) in [5.74, 6) is -0.797. The van der Waals surface area contributed by atoms with Crippen molar-refractivity contribution in [3.8, 4) is 0 Å². The van der Waals surface area contributed by atoms with Crippen molar-refractivity contribution >= 4 is 5.91 Å². The predicted molar refractivity (Wildman–Crippen MR) is 50.5 cm³/mol. The Kier molecular flexibility index (Phi) is 3.83. The summed E-state index contributed by atoms with van der Waals surface area (Å²) in [4.78, 5) is 15.1. The number of nitrogens with zero attached hydrogens (tertiary/aromatic N) is 1. The van der Waals surface area contributed by atoms with Gasteiger partial charge < -0.3 is 11.1 Å². The first kappa shape index (κ1) is 12.4. The number of carbonyl (C=O) groups is 1. The van der Waals surface area contributed by atoms with Crippen molar-refractivity contribution < 1.29 is 18.0 Å². The molecule has 0 aliphatic rings. The van der Waals surface area contributed by atoms with E-state index < -0.39 is 18.6 Å². The van der Waals surface area contributed by atoms with Gasteiger partial charge in [-0.1, -0.05) is 0 Å². The van der Waals surface area contributed by atoms with Gasteiger partial charge in [0, 0.05) is 18.3 Å². The van der Waals surface area contributed by atoms with Crippen LogP contribution in [-0.2, 0) is 6.54 Å². The van der Waals surface area contributed by atoms with Gasteiger partial charge in [-0.3, -0.25) is 9.78 Å². The van der Waals surface area contributed by atoms with E-state index in [1.807, 2.05) is 0 Å². The monoisotopic (exact) mass is 233 g/mol. The molecule has 0 bridgehead atoms. The zero-order valence-electron chi connectivity index (χ0n) is 8.21. The van der Waals surface area contributed by atoms with Gasteiger partial charge in [-0.25, -0.2) is 0 Å². The van der Waals surface area contributed by atoms with Crippen molar-refractivity contribution in [2.75, 3.05) is 6.54 Å². The zero-order valence-corrected chi connectivity index (χ0v) is 8.21. The maximum atomic E-state index is 11.8. The number of pyridine rings is 1. The Morgan fingerprint density at radius 1 is 1.50 bits per heavy atom. The highest BCUT2D eigenvalue weighted by Crippen LogP contribution is 2.12. The van der Waals surface area contributed by atoms with Gasteiger partial charge in [-0.15, -0.1) is 0 Å². The van der Waals surface area contributed by atoms with Crippen molar-refractivity contribution in [1.82, 2.24) is 10.3 Å². The van der Waals surface area contributed by atoms with E-state index in [1.165, 1.54) is 18.3 Å². The van der Waals surface area contributed by atoms with Crippen LogP contribution >= 0.6 is 0 Å². The molecule has 1 aromatic heterocycles. The summed E-state index contributed by atoms with van der Waals surface area (Å²) in [6, 6.07) is 2.68. The summed E-state index contributed by atoms with van der Waals surface area (Å²) in [6.07, 6.45) is -3.09. The van der Waals surface area contributed by atoms with Crippen molar-refractivity contribution in [1.29, 1.82) is 0 Å². The van der Waals surface area contributed by atoms with Crippen LogP contribution in [-0.4, -0.2) is 23.6 Å². The molecular weight excluding hydrogens is 223 g/mol. The lowest BCUT2D eigenvalue weighted by atomic mass is 10.2. The Morgan fingerprint density at radius 3 is 2.75 bits per heavy atom. The molecule has 16 heavy (non-hydrogen) atoms. The van der Waals surface area contributed by atoms with Crippen molar-refractivity contribution in [3.63, 3.8) is 0 Å². The normalized spacial score (nSPS) is 11.2. The second-order valence-corrected chi connectivity index (χ2v) is 3.04. The summed E-state index contributed by atoms with van der Waals surface area (Å²) in [5.41, 5.74) is 5.84. The summed E-state index contributed by atoms with van der Waals surface area (Å²) in [7, 11) is 0. The van der Waals surface area contributed by atoms with Crippen LogP contribution in [0.15, 0.2) is 18.3 Å². The zero-order chi connectivity index (χ0) is 12.2. The van der Waals surface area contributed by atoms with Gasteiger partial charge in [0.05, 0.1) is 5.69 Å². The van der Waals surface area contributed by atoms with Crippen LogP contribution < -0.4 is 11.1 Å². The molecule has 0 saturated carbocycles. The fourth-order valence-electron chi connectivity index (χ4n) is 1.01. The van der Waals surface area contributed by atoms with E-state index in [1.54, 1.807) is 5.32 Å². The number of amides is 1. The smallest absolute Gasteiger partial charge is 0.343 e. The fraction of sp³-hybridized carbons (Fsp3) is 0.333. The molecule has 7 heteroatoms. The predicted octanol–water partition coefficient (Wildman–Crippen LogP) is 0.832. The lowest BCUT2D eigenvalue weighted by Gasteiger charge is -2.08. The average molecular weight is 233 g/mol. The summed E-state index contributed by atoms with van der Waals surface area (Å²) in [6.45, 7) is -1.23. The molecule has 88 valence electrons. The highest BCUT2D eigenvalue weighted by Gasteiger charge is 2.27. The summed E-state index contributed by atoms with van der Waals surface area (Å²) >= 11 is 0. The molecule has 0 aromatic carbocycles. The lowest BCUT2D eigenvalue weighted by Crippen LogP contribution is -2.33. The first-order valence-corrected chi connectivity index (χ1v) is 4.42. The molecule has 1 amide bonds. The van der Waals surface area contributed by atoms with Crippen molar-refractivity contribution in [2.24, 2.45) is 5.73 Å². The largest absolute Gasteiger partial charge is 0.405 e. The van der Waals surface area contributed by atoms with Gasteiger partial charge in [0.1, 0.15) is 6.54 Å². The highest BCUT2D eigenvalue weighted by atomic mass is 19.4. The molecule has 0 aliphatic carbocycles. The third-order valence-corrected chi connectivity index (χ3v) is 1.74. The first-order chi connectivity index (χ1) is 7.42. The number of nitrogens with two attached hydrogens (primary N) is 1. The van der Waals surface area contributed by atoms with Gasteiger partial charge in [0.15, 0.2) is 0 Å². The van der Waals surface area contributed by atoms with Gasteiger partial charge in [0.2, 0.25) is 0 Å². The lowest BCUT2D eigenvalue weighted by molar-refractivity contribution is -0.123. The Labute approximate surface area is 89.7 Å². The van der Waals surface area contributed by atoms with Crippen molar-refractivity contribution in [2.45, 2.75) is 12.7 Å². The number of nitrogens with one attached hydrogen (secondary N) is 1. The van der Waals surface area contributed by atoms with E-state index in [0.717, 1.165) is 0 Å². The van der Waals surface area contributed by atoms with E-state index in [9.17, 15) is 18.0 Å². The van der Waals surface area contributed by atoms with Crippen LogP contribution in [0.1, 0.15) is 16.1 Å². The van der Waals surface area contributed by atoms with Crippen LogP contribution in [0, 0.1) is 0 Å². The Bertz CT molecular complexity index is 379. The molecule has 1 rings (SSSR count). The number of carbonyl (C=O) groups excluding carboxylic acids is 1. The molecule has 4 nitrogen and oxygen atoms in total. The number of hydrogen-bond donors (Lipinski definition) is 2. The third-order valence-electron chi connectivity index (χ3n) is 1.74. The molecule has 0 radical (unpaired) electrons. The average Bonchev–Trinajstić information content (AvgIpc) is 2.25. The number of rotatable bonds is 3. The van der Waals surface area contributed by atoms with E-state index in [4.69, 9.17) is 5.73 Å². The Morgan fingerprint density at radius 2 is 2.19 bits per heavy atom. The second-order valence-electron chi connectivity index (χ2n) is 3.04. The molecule has 0 aliphatic heterocycles. The van der Waals surface area contributed by atoms with Crippen LogP contribution in [0.2, 0.25) is 0 Å². The SMILES string of the molecule is NCc1cc(C(=O)NCC(F)(F)F)ccn1. The maximum absolute atomic E-state index is 11.8. The van der Waals surface area contributed by atoms with Gasteiger partial charge >= 0.3 is 6.18 Å². The molecule has 3 N–H and O–H groups in total. The van der Waals surface area contributed by atoms with Crippen LogP contribution in [0.4, 0.5) is 13.2 Å². The maximum Gasteiger partial charge on any atom is 0.405 e. The second kappa shape index (κ2) is 4.93. The fourth-order valence-corrected chi connectivity index (χ4v) is 1.01. The minimum absolute atomic E-state index is 0.111. The van der Waals surface area contributed by atoms with Crippen molar-refractivity contribution in [3.05, 3.63) is 29.6 Å². The Balaban J connectivity index is 2.66. The molecule has 0 atom stereocenters. The number of aromatic nitrogens is 1. The van der Waals surface area contributed by atoms with E-state index in [-0.39, 0.29) is 12.1 Å². The van der Waals surface area contributed by atoms with E-state index in [0.29, 0.717) is 5.69 Å². The topological polar surface area (TPSA) is 68.0 Å². The summed E-state index contributed by atoms with van der Waals surface area (Å²) in [5, 5.41) is 1.76. The van der Waals surface area contributed by atoms with E-state index >= 15 is 0 Å². The quantitative estimate of drug-likeness (QED) is 0.812. The Hall–Kier alpha value is -1.63. The summed E-state index contributed by atoms with van der Waals surface area (Å²) < 4.78 is 35.5. The minimum Gasteiger partial charge on any atom is -0.343 e. The van der Waals surface area contributed by atoms with Crippen LogP contribution in [0.25, 0.3) is 0 Å². The van der Waals surface area contributed by atoms with Gasteiger partial charge in [0.25, 0.3) is 5.91 Å². The minimum atomic E-state index is -4.42. The molecule has 1 heterocycles. The number of halogens is 3. The molecule has 0 fully saturated rings. The van der Waals surface area contributed by atoms with Gasteiger partial charge in [-0.05, 0) is 12.1 Å². The molecule has 0 saturated heterocycles. The number of alkyl halides is 3. The molecular formula is C9H10F3N3O. The standard InChI is InChI=1S/C9H10F3N3O/c10-9(11,12)5-15-8(16)6-1-2-14-7(3-6)4-13/h1-3H,4-5,13H2,(H,15,16). The van der Waals surface area contributed by atoms with E-state index in [2.05, 4.69) is 4.98 Å². The number of hydrogen-bond acceptors (Lipinski definition) is 3. The molecule has 0 unspecified atom stereocenters. The molecule has 1 aromatic rings. The molecule has 0 spiro atoms. The first-order valence-electron chi connectivity index (χ1n) is 4.42. The third kappa shape index (κ3) is 3.85. The van der Waals surface area contributed by atoms with Crippen LogP contribution in [0.5, 0.6) is 0 Å². The van der Waals surface area contributed by atoms with Gasteiger partial charge in [-0.2, -0.15) is 13.2 Å².